The quantitative estimate of drug-likeness (QED) is 0.557. The molecule has 0 aromatic heterocycles. The third kappa shape index (κ3) is 6.84. The Hall–Kier alpha value is -0.320. The summed E-state index contributed by atoms with van der Waals surface area (Å²) in [7, 11) is 1.72. The topological polar surface area (TPSA) is 95.8 Å². The number of methoxy groups -OCH3 is 1. The molecule has 0 aromatic carbocycles. The summed E-state index contributed by atoms with van der Waals surface area (Å²) in [4.78, 5) is 0. The first-order valence-electron chi connectivity index (χ1n) is 12.0. The van der Waals surface area contributed by atoms with Crippen molar-refractivity contribution < 1.29 is 38.6 Å². The average Bonchev–Trinajstić information content (AvgIpc) is 2.75. The predicted molar refractivity (Wildman–Crippen MR) is 113 cm³/mol. The maximum absolute atomic E-state index is 10.3. The van der Waals surface area contributed by atoms with Gasteiger partial charge in [-0.25, -0.2) is 0 Å². The van der Waals surface area contributed by atoms with E-state index in [4.69, 9.17) is 28.4 Å². The van der Waals surface area contributed by atoms with Gasteiger partial charge in [-0.3, -0.25) is 0 Å². The van der Waals surface area contributed by atoms with Gasteiger partial charge >= 0.3 is 0 Å². The standard InChI is InChI=1S/C23H42O8/c1-5-7-21(26-4)17-9-15(31-23-19(25)8-14(3)11-28-23)13-29-22(17)30-16-10-18(24)20(6-2)27-12-16/h14-25H,5-13H2,1-4H3/t14?,15?,16-,17-,18?,19?,20+,21?,22?,23?/m0/s1. The van der Waals surface area contributed by atoms with Crippen LogP contribution in [0.1, 0.15) is 59.3 Å². The Morgan fingerprint density at radius 2 is 1.55 bits per heavy atom. The summed E-state index contributed by atoms with van der Waals surface area (Å²) in [5.74, 6) is 0.301. The molecule has 3 aliphatic heterocycles. The highest BCUT2D eigenvalue weighted by atomic mass is 16.7. The summed E-state index contributed by atoms with van der Waals surface area (Å²) >= 11 is 0. The van der Waals surface area contributed by atoms with Crippen molar-refractivity contribution in [2.75, 3.05) is 26.9 Å². The first-order chi connectivity index (χ1) is 14.9. The Balaban J connectivity index is 1.60. The van der Waals surface area contributed by atoms with Crippen molar-refractivity contribution in [1.29, 1.82) is 0 Å². The number of rotatable bonds is 9. The molecule has 3 saturated heterocycles. The van der Waals surface area contributed by atoms with E-state index < -0.39 is 24.8 Å². The predicted octanol–water partition coefficient (Wildman–Crippen LogP) is 2.24. The van der Waals surface area contributed by atoms with E-state index in [-0.39, 0.29) is 30.3 Å². The number of hydrogen-bond acceptors (Lipinski definition) is 8. The third-order valence-electron chi connectivity index (χ3n) is 6.67. The Morgan fingerprint density at radius 3 is 2.19 bits per heavy atom. The molecule has 10 atom stereocenters. The second kappa shape index (κ2) is 12.2. The molecule has 0 bridgehead atoms. The lowest BCUT2D eigenvalue weighted by Crippen LogP contribution is -2.51. The normalized spacial score (nSPS) is 43.0. The van der Waals surface area contributed by atoms with Gasteiger partial charge in [0.05, 0.1) is 50.3 Å². The first-order valence-corrected chi connectivity index (χ1v) is 12.0. The molecule has 3 heterocycles. The van der Waals surface area contributed by atoms with E-state index in [9.17, 15) is 10.2 Å². The first kappa shape index (κ1) is 25.3. The van der Waals surface area contributed by atoms with E-state index in [2.05, 4.69) is 13.8 Å². The van der Waals surface area contributed by atoms with Crippen LogP contribution in [0.4, 0.5) is 0 Å². The van der Waals surface area contributed by atoms with Gasteiger partial charge in [-0.1, -0.05) is 27.2 Å². The summed E-state index contributed by atoms with van der Waals surface area (Å²) in [6, 6.07) is 0. The van der Waals surface area contributed by atoms with Gasteiger partial charge in [0, 0.05) is 19.4 Å². The van der Waals surface area contributed by atoms with Gasteiger partial charge in [0.15, 0.2) is 12.6 Å². The zero-order valence-electron chi connectivity index (χ0n) is 19.5. The molecule has 7 unspecified atom stereocenters. The van der Waals surface area contributed by atoms with Crippen molar-refractivity contribution in [3.8, 4) is 0 Å². The van der Waals surface area contributed by atoms with Crippen LogP contribution in [0.25, 0.3) is 0 Å². The summed E-state index contributed by atoms with van der Waals surface area (Å²) in [5, 5.41) is 20.6. The van der Waals surface area contributed by atoms with Gasteiger partial charge in [0.2, 0.25) is 0 Å². The lowest BCUT2D eigenvalue weighted by atomic mass is 9.89. The molecule has 0 spiro atoms. The van der Waals surface area contributed by atoms with Gasteiger partial charge in [-0.15, -0.1) is 0 Å². The second-order valence-electron chi connectivity index (χ2n) is 9.37. The fourth-order valence-electron chi connectivity index (χ4n) is 4.95. The van der Waals surface area contributed by atoms with Crippen LogP contribution in [0.3, 0.4) is 0 Å². The van der Waals surface area contributed by atoms with Gasteiger partial charge in [-0.05, 0) is 31.6 Å². The average molecular weight is 447 g/mol. The number of aliphatic hydroxyl groups excluding tert-OH is 2. The fourth-order valence-corrected chi connectivity index (χ4v) is 4.95. The van der Waals surface area contributed by atoms with Gasteiger partial charge < -0.3 is 38.6 Å². The van der Waals surface area contributed by atoms with Crippen molar-refractivity contribution in [2.45, 2.75) is 108 Å². The van der Waals surface area contributed by atoms with Crippen molar-refractivity contribution in [2.24, 2.45) is 11.8 Å². The highest BCUT2D eigenvalue weighted by molar-refractivity contribution is 4.85. The number of aliphatic hydroxyl groups is 2. The minimum absolute atomic E-state index is 0.0237. The van der Waals surface area contributed by atoms with E-state index in [1.165, 1.54) is 0 Å². The third-order valence-corrected chi connectivity index (χ3v) is 6.67. The lowest BCUT2D eigenvalue weighted by Gasteiger charge is -2.43. The molecule has 182 valence electrons. The molecule has 0 aromatic rings. The molecule has 0 radical (unpaired) electrons. The zero-order valence-corrected chi connectivity index (χ0v) is 19.5. The Bertz CT molecular complexity index is 520. The van der Waals surface area contributed by atoms with Crippen molar-refractivity contribution >= 4 is 0 Å². The molecule has 8 heteroatoms. The van der Waals surface area contributed by atoms with Gasteiger partial charge in [0.25, 0.3) is 0 Å². The fraction of sp³-hybridized carbons (Fsp3) is 1.00. The monoisotopic (exact) mass is 446 g/mol. The largest absolute Gasteiger partial charge is 0.390 e. The van der Waals surface area contributed by atoms with E-state index >= 15 is 0 Å². The van der Waals surface area contributed by atoms with Crippen LogP contribution in [0.2, 0.25) is 0 Å². The molecule has 8 nitrogen and oxygen atoms in total. The smallest absolute Gasteiger partial charge is 0.183 e. The summed E-state index contributed by atoms with van der Waals surface area (Å²) in [6.45, 7) is 7.60. The number of ether oxygens (including phenoxy) is 6. The molecule has 2 N–H and O–H groups in total. The minimum atomic E-state index is -0.627. The Labute approximate surface area is 186 Å². The molecular weight excluding hydrogens is 404 g/mol. The maximum atomic E-state index is 10.3. The molecule has 0 saturated carbocycles. The van der Waals surface area contributed by atoms with Crippen LogP contribution in [-0.2, 0) is 28.4 Å². The van der Waals surface area contributed by atoms with E-state index in [1.807, 2.05) is 6.92 Å². The number of hydrogen-bond donors (Lipinski definition) is 2. The van der Waals surface area contributed by atoms with Crippen LogP contribution < -0.4 is 0 Å². The van der Waals surface area contributed by atoms with Crippen LogP contribution in [0.15, 0.2) is 0 Å². The van der Waals surface area contributed by atoms with Crippen molar-refractivity contribution in [3.05, 3.63) is 0 Å². The van der Waals surface area contributed by atoms with E-state index in [0.29, 0.717) is 45.0 Å². The van der Waals surface area contributed by atoms with Crippen LogP contribution in [0.5, 0.6) is 0 Å². The maximum Gasteiger partial charge on any atom is 0.183 e. The SMILES string of the molecule is CCCC(OC)[C@@H]1CC(OC2OCC(C)CC2O)COC1O[C@@H]1CO[C@H](CC)C(O)C1. The Morgan fingerprint density at radius 1 is 0.871 bits per heavy atom. The van der Waals surface area contributed by atoms with Crippen molar-refractivity contribution in [1.82, 2.24) is 0 Å². The van der Waals surface area contributed by atoms with E-state index in [0.717, 1.165) is 19.3 Å². The Kier molecular flexibility index (Phi) is 9.98. The summed E-state index contributed by atoms with van der Waals surface area (Å²) < 4.78 is 35.8. The molecule has 3 fully saturated rings. The summed E-state index contributed by atoms with van der Waals surface area (Å²) in [5.41, 5.74) is 0. The van der Waals surface area contributed by atoms with Crippen molar-refractivity contribution in [3.63, 3.8) is 0 Å². The van der Waals surface area contributed by atoms with Gasteiger partial charge in [-0.2, -0.15) is 0 Å². The van der Waals surface area contributed by atoms with Crippen LogP contribution in [-0.4, -0.2) is 86.3 Å². The second-order valence-corrected chi connectivity index (χ2v) is 9.37. The molecule has 0 amide bonds. The summed E-state index contributed by atoms with van der Waals surface area (Å²) in [6.07, 6.45) is 1.76. The van der Waals surface area contributed by atoms with Gasteiger partial charge in [0.1, 0.15) is 6.10 Å². The minimum Gasteiger partial charge on any atom is -0.390 e. The highest BCUT2D eigenvalue weighted by Crippen LogP contribution is 2.34. The lowest BCUT2D eigenvalue weighted by molar-refractivity contribution is -0.303. The molecule has 0 aliphatic carbocycles. The van der Waals surface area contributed by atoms with Crippen LogP contribution in [0, 0.1) is 11.8 Å². The zero-order chi connectivity index (χ0) is 22.4. The highest BCUT2D eigenvalue weighted by Gasteiger charge is 2.42. The van der Waals surface area contributed by atoms with E-state index in [1.54, 1.807) is 7.11 Å². The van der Waals surface area contributed by atoms with Crippen LogP contribution >= 0.6 is 0 Å². The molecule has 3 aliphatic rings. The molecule has 31 heavy (non-hydrogen) atoms. The molecular formula is C23H42O8. The molecule has 3 rings (SSSR count).